The van der Waals surface area contributed by atoms with E-state index in [2.05, 4.69) is 17.3 Å². The molecule has 1 amide bonds. The molecule has 1 atom stereocenters. The summed E-state index contributed by atoms with van der Waals surface area (Å²) in [5.74, 6) is 0.679. The van der Waals surface area contributed by atoms with Crippen molar-refractivity contribution in [1.82, 2.24) is 10.2 Å². The molecule has 108 valence electrons. The predicted molar refractivity (Wildman–Crippen MR) is 78.5 cm³/mol. The molecule has 1 saturated heterocycles. The fourth-order valence-electron chi connectivity index (χ4n) is 2.84. The second-order valence-electron chi connectivity index (χ2n) is 5.49. The van der Waals surface area contributed by atoms with Gasteiger partial charge in [-0.15, -0.1) is 24.8 Å². The first-order valence-corrected chi connectivity index (χ1v) is 6.36. The smallest absolute Gasteiger partial charge is 0.240 e. The van der Waals surface area contributed by atoms with Crippen molar-refractivity contribution in [1.29, 1.82) is 0 Å². The maximum Gasteiger partial charge on any atom is 0.240 e. The van der Waals surface area contributed by atoms with Crippen LogP contribution in [0.15, 0.2) is 0 Å². The largest absolute Gasteiger partial charge is 0.354 e. The van der Waals surface area contributed by atoms with Gasteiger partial charge in [-0.1, -0.05) is 12.8 Å². The average Bonchev–Trinajstić information content (AvgIpc) is 2.85. The molecule has 3 N–H and O–H groups in total. The highest BCUT2D eigenvalue weighted by atomic mass is 35.5. The molecule has 0 aromatic carbocycles. The van der Waals surface area contributed by atoms with Gasteiger partial charge in [-0.05, 0) is 38.8 Å². The zero-order chi connectivity index (χ0) is 11.6. The molecule has 2 aliphatic rings. The number of hydrogen-bond donors (Lipinski definition) is 2. The van der Waals surface area contributed by atoms with E-state index in [1.165, 1.54) is 6.42 Å². The summed E-state index contributed by atoms with van der Waals surface area (Å²) in [7, 11) is 2.13. The molecular weight excluding hydrogens is 273 g/mol. The van der Waals surface area contributed by atoms with Gasteiger partial charge in [-0.2, -0.15) is 0 Å². The van der Waals surface area contributed by atoms with E-state index in [0.29, 0.717) is 5.92 Å². The van der Waals surface area contributed by atoms with E-state index in [4.69, 9.17) is 5.73 Å². The fourth-order valence-corrected chi connectivity index (χ4v) is 2.84. The van der Waals surface area contributed by atoms with Crippen LogP contribution in [0.1, 0.15) is 32.1 Å². The number of rotatable bonds is 3. The first-order chi connectivity index (χ1) is 7.60. The molecule has 4 nitrogen and oxygen atoms in total. The van der Waals surface area contributed by atoms with Crippen LogP contribution in [0.3, 0.4) is 0 Å². The second kappa shape index (κ2) is 7.53. The number of amides is 1. The molecule has 2 fully saturated rings. The van der Waals surface area contributed by atoms with E-state index in [-0.39, 0.29) is 30.7 Å². The van der Waals surface area contributed by atoms with Gasteiger partial charge in [0.2, 0.25) is 5.91 Å². The lowest BCUT2D eigenvalue weighted by Crippen LogP contribution is -2.52. The minimum atomic E-state index is -0.565. The van der Waals surface area contributed by atoms with E-state index in [1.54, 1.807) is 0 Å². The molecule has 0 aromatic rings. The molecule has 18 heavy (non-hydrogen) atoms. The summed E-state index contributed by atoms with van der Waals surface area (Å²) in [6.07, 6.45) is 5.08. The Kier molecular flexibility index (Phi) is 7.52. The second-order valence-corrected chi connectivity index (χ2v) is 5.49. The Labute approximate surface area is 122 Å². The van der Waals surface area contributed by atoms with Gasteiger partial charge in [0.05, 0.1) is 5.54 Å². The van der Waals surface area contributed by atoms with Crippen molar-refractivity contribution in [3.63, 3.8) is 0 Å². The molecule has 1 aliphatic carbocycles. The summed E-state index contributed by atoms with van der Waals surface area (Å²) < 4.78 is 0. The van der Waals surface area contributed by atoms with Gasteiger partial charge >= 0.3 is 0 Å². The monoisotopic (exact) mass is 297 g/mol. The van der Waals surface area contributed by atoms with E-state index in [0.717, 1.165) is 45.3 Å². The molecule has 1 saturated carbocycles. The van der Waals surface area contributed by atoms with Gasteiger partial charge in [0.1, 0.15) is 0 Å². The Bertz CT molecular complexity index is 270. The van der Waals surface area contributed by atoms with Gasteiger partial charge in [-0.3, -0.25) is 4.79 Å². The van der Waals surface area contributed by atoms with Crippen molar-refractivity contribution in [3.05, 3.63) is 0 Å². The van der Waals surface area contributed by atoms with Gasteiger partial charge in [0.15, 0.2) is 0 Å². The zero-order valence-corrected chi connectivity index (χ0v) is 12.6. The standard InChI is InChI=1S/C12H23N3O.2ClH/c1-15-7-4-10(9-15)8-14-11(16)12(13)5-2-3-6-12;;/h10H,2-9,13H2,1H3,(H,14,16);2*1H. The van der Waals surface area contributed by atoms with Crippen LogP contribution < -0.4 is 11.1 Å². The third-order valence-corrected chi connectivity index (χ3v) is 3.99. The van der Waals surface area contributed by atoms with Crippen LogP contribution in [-0.4, -0.2) is 43.0 Å². The van der Waals surface area contributed by atoms with Crippen molar-refractivity contribution in [2.24, 2.45) is 11.7 Å². The normalized spacial score (nSPS) is 26.2. The van der Waals surface area contributed by atoms with E-state index in [9.17, 15) is 4.79 Å². The Morgan fingerprint density at radius 3 is 2.50 bits per heavy atom. The summed E-state index contributed by atoms with van der Waals surface area (Å²) in [4.78, 5) is 14.3. The Morgan fingerprint density at radius 2 is 2.00 bits per heavy atom. The molecule has 1 heterocycles. The van der Waals surface area contributed by atoms with Crippen molar-refractivity contribution >= 4 is 30.7 Å². The minimum Gasteiger partial charge on any atom is -0.354 e. The van der Waals surface area contributed by atoms with Crippen molar-refractivity contribution in [3.8, 4) is 0 Å². The van der Waals surface area contributed by atoms with Crippen LogP contribution in [0.5, 0.6) is 0 Å². The Hall–Kier alpha value is -0.0300. The van der Waals surface area contributed by atoms with Crippen LogP contribution >= 0.6 is 24.8 Å². The molecule has 1 aliphatic heterocycles. The quantitative estimate of drug-likeness (QED) is 0.822. The number of nitrogens with one attached hydrogen (secondary N) is 1. The van der Waals surface area contributed by atoms with E-state index < -0.39 is 5.54 Å². The third-order valence-electron chi connectivity index (χ3n) is 3.99. The summed E-state index contributed by atoms with van der Waals surface area (Å²) in [5, 5.41) is 3.04. The van der Waals surface area contributed by atoms with Gasteiger partial charge < -0.3 is 16.0 Å². The topological polar surface area (TPSA) is 58.4 Å². The van der Waals surface area contributed by atoms with Crippen LogP contribution in [0.2, 0.25) is 0 Å². The van der Waals surface area contributed by atoms with E-state index >= 15 is 0 Å². The summed E-state index contributed by atoms with van der Waals surface area (Å²) >= 11 is 0. The number of carbonyl (C=O) groups excluding carboxylic acids is 1. The molecule has 2 rings (SSSR count). The van der Waals surface area contributed by atoms with Gasteiger partial charge in [0, 0.05) is 13.1 Å². The van der Waals surface area contributed by atoms with Crippen LogP contribution in [-0.2, 0) is 4.79 Å². The third kappa shape index (κ3) is 4.26. The first kappa shape index (κ1) is 18.0. The van der Waals surface area contributed by atoms with Gasteiger partial charge in [-0.25, -0.2) is 0 Å². The number of carbonyl (C=O) groups is 1. The van der Waals surface area contributed by atoms with E-state index in [1.807, 2.05) is 0 Å². The lowest BCUT2D eigenvalue weighted by atomic mass is 9.97. The number of nitrogens with two attached hydrogens (primary N) is 1. The Balaban J connectivity index is 0.00000144. The molecular formula is C12H25Cl2N3O. The molecule has 1 unspecified atom stereocenters. The first-order valence-electron chi connectivity index (χ1n) is 6.36. The van der Waals surface area contributed by atoms with Crippen molar-refractivity contribution in [2.75, 3.05) is 26.7 Å². The molecule has 0 radical (unpaired) electrons. The summed E-state index contributed by atoms with van der Waals surface area (Å²) in [6.45, 7) is 3.04. The lowest BCUT2D eigenvalue weighted by molar-refractivity contribution is -0.126. The van der Waals surface area contributed by atoms with Crippen LogP contribution in [0.4, 0.5) is 0 Å². The van der Waals surface area contributed by atoms with Crippen LogP contribution in [0, 0.1) is 5.92 Å². The highest BCUT2D eigenvalue weighted by molar-refractivity contribution is 5.86. The zero-order valence-electron chi connectivity index (χ0n) is 11.0. The molecule has 0 aromatic heterocycles. The lowest BCUT2D eigenvalue weighted by Gasteiger charge is -2.23. The van der Waals surface area contributed by atoms with Gasteiger partial charge in [0.25, 0.3) is 0 Å². The van der Waals surface area contributed by atoms with Crippen molar-refractivity contribution in [2.45, 2.75) is 37.6 Å². The maximum absolute atomic E-state index is 12.0. The SMILES string of the molecule is CN1CCC(CNC(=O)C2(N)CCCC2)C1.Cl.Cl. The number of nitrogens with zero attached hydrogens (tertiary/aromatic N) is 1. The fraction of sp³-hybridized carbons (Fsp3) is 0.917. The maximum atomic E-state index is 12.0. The number of likely N-dealkylation sites (tertiary alicyclic amines) is 1. The molecule has 6 heteroatoms. The number of halogens is 2. The minimum absolute atomic E-state index is 0. The molecule has 0 bridgehead atoms. The predicted octanol–water partition coefficient (Wildman–Crippen LogP) is 1.17. The van der Waals surface area contributed by atoms with Crippen molar-refractivity contribution < 1.29 is 4.79 Å². The highest BCUT2D eigenvalue weighted by Crippen LogP contribution is 2.27. The summed E-state index contributed by atoms with van der Waals surface area (Å²) in [6, 6.07) is 0. The van der Waals surface area contributed by atoms with Crippen LogP contribution in [0.25, 0.3) is 0 Å². The average molecular weight is 298 g/mol. The highest BCUT2D eigenvalue weighted by Gasteiger charge is 2.37. The number of hydrogen-bond acceptors (Lipinski definition) is 3. The molecule has 0 spiro atoms. The summed E-state index contributed by atoms with van der Waals surface area (Å²) in [5.41, 5.74) is 5.53. The Morgan fingerprint density at radius 1 is 1.39 bits per heavy atom.